The highest BCUT2D eigenvalue weighted by atomic mass is 16.7. The molecular weight excluding hydrogens is 334 g/mol. The van der Waals surface area contributed by atoms with Gasteiger partial charge in [-0.15, -0.1) is 0 Å². The molecule has 2 aliphatic rings. The fourth-order valence-corrected chi connectivity index (χ4v) is 3.04. The Morgan fingerprint density at radius 2 is 1.96 bits per heavy atom. The van der Waals surface area contributed by atoms with Crippen LogP contribution in [0.5, 0.6) is 11.5 Å². The summed E-state index contributed by atoms with van der Waals surface area (Å²) in [7, 11) is 0. The van der Waals surface area contributed by atoms with Crippen molar-refractivity contribution in [2.45, 2.75) is 6.42 Å². The van der Waals surface area contributed by atoms with Crippen molar-refractivity contribution >= 4 is 23.6 Å². The summed E-state index contributed by atoms with van der Waals surface area (Å²) < 4.78 is 15.6. The van der Waals surface area contributed by atoms with Crippen LogP contribution in [-0.2, 0) is 20.7 Å². The minimum atomic E-state index is -0.566. The number of hydrogen-bond acceptors (Lipinski definition) is 5. The number of para-hydroxylation sites is 1. The van der Waals surface area contributed by atoms with Gasteiger partial charge < -0.3 is 19.1 Å². The number of nitrogens with zero attached hydrogens (tertiary/aromatic N) is 1. The van der Waals surface area contributed by atoms with Gasteiger partial charge in [0.2, 0.25) is 6.79 Å². The predicted octanol–water partition coefficient (Wildman–Crippen LogP) is 2.56. The molecule has 1 amide bonds. The van der Waals surface area contributed by atoms with E-state index in [1.807, 2.05) is 30.3 Å². The van der Waals surface area contributed by atoms with Crippen LogP contribution in [0.3, 0.4) is 0 Å². The zero-order chi connectivity index (χ0) is 17.9. The van der Waals surface area contributed by atoms with Gasteiger partial charge in [-0.2, -0.15) is 0 Å². The van der Waals surface area contributed by atoms with Crippen molar-refractivity contribution in [3.8, 4) is 11.5 Å². The molecule has 0 spiro atoms. The summed E-state index contributed by atoms with van der Waals surface area (Å²) >= 11 is 0. The normalized spacial score (nSPS) is 14.5. The zero-order valence-electron chi connectivity index (χ0n) is 14.0. The highest BCUT2D eigenvalue weighted by molar-refractivity contribution is 5.98. The molecule has 2 aliphatic heterocycles. The number of rotatable bonds is 4. The fourth-order valence-electron chi connectivity index (χ4n) is 3.04. The van der Waals surface area contributed by atoms with Crippen molar-refractivity contribution in [2.75, 3.05) is 24.8 Å². The summed E-state index contributed by atoms with van der Waals surface area (Å²) in [5, 5.41) is 0. The van der Waals surface area contributed by atoms with Crippen LogP contribution in [0.4, 0.5) is 5.69 Å². The van der Waals surface area contributed by atoms with Gasteiger partial charge in [0, 0.05) is 18.3 Å². The molecule has 2 heterocycles. The van der Waals surface area contributed by atoms with E-state index in [0.717, 1.165) is 23.2 Å². The first-order valence-electron chi connectivity index (χ1n) is 8.33. The third-order valence-corrected chi connectivity index (χ3v) is 4.33. The molecule has 4 rings (SSSR count). The van der Waals surface area contributed by atoms with Gasteiger partial charge in [-0.3, -0.25) is 4.79 Å². The Kier molecular flexibility index (Phi) is 4.31. The molecular formula is C20H17NO5. The van der Waals surface area contributed by atoms with Crippen LogP contribution >= 0.6 is 0 Å². The first-order valence-corrected chi connectivity index (χ1v) is 8.33. The topological polar surface area (TPSA) is 65.1 Å². The Labute approximate surface area is 150 Å². The highest BCUT2D eigenvalue weighted by Gasteiger charge is 2.24. The van der Waals surface area contributed by atoms with Crippen LogP contribution in [0.2, 0.25) is 0 Å². The lowest BCUT2D eigenvalue weighted by Gasteiger charge is -2.16. The maximum Gasteiger partial charge on any atom is 0.331 e. The second kappa shape index (κ2) is 6.92. The highest BCUT2D eigenvalue weighted by Crippen LogP contribution is 2.32. The molecule has 2 aromatic carbocycles. The maximum absolute atomic E-state index is 12.3. The molecule has 0 radical (unpaired) electrons. The molecule has 0 unspecified atom stereocenters. The number of benzene rings is 2. The standard InChI is InChI=1S/C20H17NO5/c22-19(21-10-9-15-3-1-2-4-16(15)21)12-24-20(23)8-6-14-5-7-17-18(11-14)26-13-25-17/h1-8,11H,9-10,12-13H2/b8-6+. The second-order valence-corrected chi connectivity index (χ2v) is 5.98. The Bertz CT molecular complexity index is 890. The Morgan fingerprint density at radius 3 is 2.88 bits per heavy atom. The number of carbonyl (C=O) groups is 2. The van der Waals surface area contributed by atoms with Crippen LogP contribution in [0, 0.1) is 0 Å². The molecule has 0 fully saturated rings. The Balaban J connectivity index is 1.32. The average Bonchev–Trinajstić information content (AvgIpc) is 3.30. The van der Waals surface area contributed by atoms with E-state index in [-0.39, 0.29) is 19.3 Å². The number of carbonyl (C=O) groups excluding carboxylic acids is 2. The average molecular weight is 351 g/mol. The SMILES string of the molecule is O=C(/C=C/c1ccc2c(c1)OCO2)OCC(=O)N1CCc2ccccc21. The first kappa shape index (κ1) is 16.2. The molecule has 26 heavy (non-hydrogen) atoms. The van der Waals surface area contributed by atoms with Crippen molar-refractivity contribution in [1.29, 1.82) is 0 Å². The zero-order valence-corrected chi connectivity index (χ0v) is 14.0. The second-order valence-electron chi connectivity index (χ2n) is 5.98. The minimum Gasteiger partial charge on any atom is -0.454 e. The molecule has 0 saturated carbocycles. The van der Waals surface area contributed by atoms with Crippen molar-refractivity contribution in [3.63, 3.8) is 0 Å². The molecule has 6 nitrogen and oxygen atoms in total. The summed E-state index contributed by atoms with van der Waals surface area (Å²) in [6, 6.07) is 13.1. The first-order chi connectivity index (χ1) is 12.7. The van der Waals surface area contributed by atoms with Gasteiger partial charge in [0.15, 0.2) is 18.1 Å². The number of anilines is 1. The maximum atomic E-state index is 12.3. The Hall–Kier alpha value is -3.28. The smallest absolute Gasteiger partial charge is 0.331 e. The molecule has 0 saturated heterocycles. The van der Waals surface area contributed by atoms with Crippen molar-refractivity contribution in [3.05, 3.63) is 59.7 Å². The fraction of sp³-hybridized carbons (Fsp3) is 0.200. The molecule has 0 aliphatic carbocycles. The lowest BCUT2D eigenvalue weighted by atomic mass is 10.2. The van der Waals surface area contributed by atoms with E-state index < -0.39 is 5.97 Å². The summed E-state index contributed by atoms with van der Waals surface area (Å²) in [4.78, 5) is 25.8. The number of hydrogen-bond donors (Lipinski definition) is 0. The number of ether oxygens (including phenoxy) is 3. The van der Waals surface area contributed by atoms with Gasteiger partial charge in [0.05, 0.1) is 0 Å². The lowest BCUT2D eigenvalue weighted by molar-refractivity contribution is -0.142. The van der Waals surface area contributed by atoms with Crippen LogP contribution in [0.25, 0.3) is 6.08 Å². The van der Waals surface area contributed by atoms with Gasteiger partial charge in [-0.05, 0) is 41.8 Å². The largest absolute Gasteiger partial charge is 0.454 e. The van der Waals surface area contributed by atoms with E-state index in [0.29, 0.717) is 18.0 Å². The van der Waals surface area contributed by atoms with E-state index in [9.17, 15) is 9.59 Å². The molecule has 2 aromatic rings. The van der Waals surface area contributed by atoms with Gasteiger partial charge in [-0.1, -0.05) is 24.3 Å². The van der Waals surface area contributed by atoms with Gasteiger partial charge in [0.1, 0.15) is 0 Å². The number of esters is 1. The van der Waals surface area contributed by atoms with E-state index in [1.54, 1.807) is 23.1 Å². The number of amides is 1. The van der Waals surface area contributed by atoms with Crippen molar-refractivity contribution in [1.82, 2.24) is 0 Å². The number of fused-ring (bicyclic) bond motifs is 2. The summed E-state index contributed by atoms with van der Waals surface area (Å²) in [5.74, 6) is 0.535. The lowest BCUT2D eigenvalue weighted by Crippen LogP contribution is -2.33. The van der Waals surface area contributed by atoms with Gasteiger partial charge >= 0.3 is 5.97 Å². The van der Waals surface area contributed by atoms with Crippen LogP contribution in [0.1, 0.15) is 11.1 Å². The van der Waals surface area contributed by atoms with Crippen molar-refractivity contribution < 1.29 is 23.8 Å². The predicted molar refractivity (Wildman–Crippen MR) is 95.1 cm³/mol. The van der Waals surface area contributed by atoms with Crippen LogP contribution in [0.15, 0.2) is 48.5 Å². The third-order valence-electron chi connectivity index (χ3n) is 4.33. The monoisotopic (exact) mass is 351 g/mol. The molecule has 0 aromatic heterocycles. The molecule has 0 atom stereocenters. The van der Waals surface area contributed by atoms with E-state index >= 15 is 0 Å². The Morgan fingerprint density at radius 1 is 1.12 bits per heavy atom. The van der Waals surface area contributed by atoms with E-state index in [2.05, 4.69) is 0 Å². The summed E-state index contributed by atoms with van der Waals surface area (Å²) in [6.45, 7) is 0.535. The van der Waals surface area contributed by atoms with Gasteiger partial charge in [-0.25, -0.2) is 4.79 Å². The van der Waals surface area contributed by atoms with Gasteiger partial charge in [0.25, 0.3) is 5.91 Å². The summed E-state index contributed by atoms with van der Waals surface area (Å²) in [6.07, 6.45) is 3.72. The van der Waals surface area contributed by atoms with Crippen LogP contribution in [-0.4, -0.2) is 31.8 Å². The van der Waals surface area contributed by atoms with E-state index in [1.165, 1.54) is 6.08 Å². The molecule has 6 heteroatoms. The molecule has 132 valence electrons. The van der Waals surface area contributed by atoms with Crippen LogP contribution < -0.4 is 14.4 Å². The third kappa shape index (κ3) is 3.26. The quantitative estimate of drug-likeness (QED) is 0.626. The molecule has 0 N–H and O–H groups in total. The minimum absolute atomic E-state index is 0.201. The van der Waals surface area contributed by atoms with E-state index in [4.69, 9.17) is 14.2 Å². The van der Waals surface area contributed by atoms with Crippen molar-refractivity contribution in [2.24, 2.45) is 0 Å². The molecule has 0 bridgehead atoms. The summed E-state index contributed by atoms with van der Waals surface area (Å²) in [5.41, 5.74) is 2.81.